The first-order chi connectivity index (χ1) is 8.35. The fraction of sp³-hybridized carbons (Fsp3) is 0.500. The highest BCUT2D eigenvalue weighted by molar-refractivity contribution is 5.88. The van der Waals surface area contributed by atoms with Gasteiger partial charge in [-0.25, -0.2) is 0 Å². The lowest BCUT2D eigenvalue weighted by Gasteiger charge is -2.31. The standard InChI is InChI=1S/C14H22N2O2/c1-10(14(3,4)18-5)15-12-6-8-13(9-7-12)16-11(2)17/h6-10,15H,1-5H3,(H,16,17). The van der Waals surface area contributed by atoms with E-state index in [0.717, 1.165) is 11.4 Å². The first-order valence-electron chi connectivity index (χ1n) is 6.04. The number of amides is 1. The second-order valence-electron chi connectivity index (χ2n) is 4.93. The molecule has 0 aliphatic rings. The van der Waals surface area contributed by atoms with E-state index in [9.17, 15) is 4.79 Å². The first-order valence-corrected chi connectivity index (χ1v) is 6.04. The van der Waals surface area contributed by atoms with Crippen LogP contribution in [0.2, 0.25) is 0 Å². The van der Waals surface area contributed by atoms with Crippen molar-refractivity contribution in [1.29, 1.82) is 0 Å². The van der Waals surface area contributed by atoms with E-state index in [1.807, 2.05) is 38.1 Å². The second-order valence-corrected chi connectivity index (χ2v) is 4.93. The fourth-order valence-corrected chi connectivity index (χ4v) is 1.45. The van der Waals surface area contributed by atoms with Gasteiger partial charge in [-0.1, -0.05) is 0 Å². The Labute approximate surface area is 109 Å². The molecule has 0 saturated carbocycles. The number of carbonyl (C=O) groups is 1. The Hall–Kier alpha value is -1.55. The largest absolute Gasteiger partial charge is 0.380 e. The Morgan fingerprint density at radius 2 is 1.72 bits per heavy atom. The summed E-state index contributed by atoms with van der Waals surface area (Å²) < 4.78 is 5.43. The number of anilines is 2. The Balaban J connectivity index is 2.66. The Morgan fingerprint density at radius 1 is 1.22 bits per heavy atom. The Kier molecular flexibility index (Phi) is 4.73. The molecule has 1 atom stereocenters. The minimum atomic E-state index is -0.240. The van der Waals surface area contributed by atoms with Crippen LogP contribution in [0.4, 0.5) is 11.4 Å². The Bertz CT molecular complexity index is 399. The molecule has 0 spiro atoms. The molecule has 4 heteroatoms. The monoisotopic (exact) mass is 250 g/mol. The smallest absolute Gasteiger partial charge is 0.221 e. The summed E-state index contributed by atoms with van der Waals surface area (Å²) in [6.45, 7) is 7.65. The maximum Gasteiger partial charge on any atom is 0.221 e. The summed E-state index contributed by atoms with van der Waals surface area (Å²) in [7, 11) is 1.71. The highest BCUT2D eigenvalue weighted by atomic mass is 16.5. The number of methoxy groups -OCH3 is 1. The van der Waals surface area contributed by atoms with Crippen LogP contribution in [0.3, 0.4) is 0 Å². The zero-order valence-corrected chi connectivity index (χ0v) is 11.7. The molecule has 0 aliphatic carbocycles. The van der Waals surface area contributed by atoms with Crippen LogP contribution in [0.25, 0.3) is 0 Å². The van der Waals surface area contributed by atoms with Crippen LogP contribution >= 0.6 is 0 Å². The summed E-state index contributed by atoms with van der Waals surface area (Å²) in [5.41, 5.74) is 1.56. The first kappa shape index (κ1) is 14.5. The molecule has 0 saturated heterocycles. The van der Waals surface area contributed by atoms with Gasteiger partial charge in [0.25, 0.3) is 0 Å². The zero-order chi connectivity index (χ0) is 13.8. The molecule has 1 rings (SSSR count). The number of carbonyl (C=O) groups excluding carboxylic acids is 1. The molecule has 2 N–H and O–H groups in total. The number of hydrogen-bond acceptors (Lipinski definition) is 3. The molecule has 18 heavy (non-hydrogen) atoms. The number of nitrogens with one attached hydrogen (secondary N) is 2. The molecule has 1 amide bonds. The van der Waals surface area contributed by atoms with Gasteiger partial charge in [-0.3, -0.25) is 4.79 Å². The molecule has 0 bridgehead atoms. The molecule has 0 aromatic heterocycles. The molecule has 1 aromatic rings. The van der Waals surface area contributed by atoms with Crippen LogP contribution in [0.1, 0.15) is 27.7 Å². The summed E-state index contributed by atoms with van der Waals surface area (Å²) in [6.07, 6.45) is 0. The lowest BCUT2D eigenvalue weighted by Crippen LogP contribution is -2.41. The summed E-state index contributed by atoms with van der Waals surface area (Å²) in [4.78, 5) is 10.9. The number of hydrogen-bond donors (Lipinski definition) is 2. The van der Waals surface area contributed by atoms with Crippen molar-refractivity contribution in [3.05, 3.63) is 24.3 Å². The van der Waals surface area contributed by atoms with E-state index in [1.165, 1.54) is 6.92 Å². The maximum absolute atomic E-state index is 10.9. The van der Waals surface area contributed by atoms with Crippen molar-refractivity contribution in [3.63, 3.8) is 0 Å². The van der Waals surface area contributed by atoms with E-state index in [-0.39, 0.29) is 17.6 Å². The predicted molar refractivity (Wildman–Crippen MR) is 74.9 cm³/mol. The Morgan fingerprint density at radius 3 is 2.17 bits per heavy atom. The van der Waals surface area contributed by atoms with Crippen molar-refractivity contribution in [2.45, 2.75) is 39.3 Å². The van der Waals surface area contributed by atoms with Crippen molar-refractivity contribution in [3.8, 4) is 0 Å². The van der Waals surface area contributed by atoms with E-state index in [0.29, 0.717) is 0 Å². The van der Waals surface area contributed by atoms with E-state index >= 15 is 0 Å². The van der Waals surface area contributed by atoms with E-state index < -0.39 is 0 Å². The lowest BCUT2D eigenvalue weighted by molar-refractivity contribution is -0.114. The van der Waals surface area contributed by atoms with Crippen LogP contribution in [0, 0.1) is 0 Å². The SMILES string of the molecule is COC(C)(C)C(C)Nc1ccc(NC(C)=O)cc1. The van der Waals surface area contributed by atoms with Crippen molar-refractivity contribution in [2.75, 3.05) is 17.7 Å². The third kappa shape index (κ3) is 4.04. The fourth-order valence-electron chi connectivity index (χ4n) is 1.45. The number of ether oxygens (including phenoxy) is 1. The second kappa shape index (κ2) is 5.87. The molecule has 0 aliphatic heterocycles. The average Bonchev–Trinajstić information content (AvgIpc) is 2.31. The van der Waals surface area contributed by atoms with Gasteiger partial charge in [0.2, 0.25) is 5.91 Å². The normalized spacial score (nSPS) is 12.9. The van der Waals surface area contributed by atoms with Gasteiger partial charge in [-0.15, -0.1) is 0 Å². The average molecular weight is 250 g/mol. The predicted octanol–water partition coefficient (Wildman–Crippen LogP) is 2.87. The minimum absolute atomic E-state index is 0.0652. The molecule has 4 nitrogen and oxygen atoms in total. The zero-order valence-electron chi connectivity index (χ0n) is 11.7. The van der Waals surface area contributed by atoms with Gasteiger partial charge in [0.05, 0.1) is 11.6 Å². The molecular weight excluding hydrogens is 228 g/mol. The van der Waals surface area contributed by atoms with Crippen LogP contribution in [0.5, 0.6) is 0 Å². The van der Waals surface area contributed by atoms with Crippen LogP contribution in [-0.4, -0.2) is 24.7 Å². The van der Waals surface area contributed by atoms with Crippen LogP contribution in [0.15, 0.2) is 24.3 Å². The quantitative estimate of drug-likeness (QED) is 0.845. The van der Waals surface area contributed by atoms with Crippen molar-refractivity contribution >= 4 is 17.3 Å². The summed E-state index contributed by atoms with van der Waals surface area (Å²) in [5.74, 6) is -0.0652. The number of benzene rings is 1. The van der Waals surface area contributed by atoms with E-state index in [1.54, 1.807) is 7.11 Å². The molecule has 1 unspecified atom stereocenters. The lowest BCUT2D eigenvalue weighted by atomic mass is 10.00. The van der Waals surface area contributed by atoms with Gasteiger partial charge in [-0.2, -0.15) is 0 Å². The summed E-state index contributed by atoms with van der Waals surface area (Å²) in [5, 5.41) is 6.11. The highest BCUT2D eigenvalue weighted by Crippen LogP contribution is 2.20. The van der Waals surface area contributed by atoms with Gasteiger partial charge in [0, 0.05) is 25.4 Å². The third-order valence-electron chi connectivity index (χ3n) is 3.16. The van der Waals surface area contributed by atoms with E-state index in [4.69, 9.17) is 4.74 Å². The number of rotatable bonds is 5. The summed E-state index contributed by atoms with van der Waals surface area (Å²) >= 11 is 0. The van der Waals surface area contributed by atoms with Crippen molar-refractivity contribution in [2.24, 2.45) is 0 Å². The van der Waals surface area contributed by atoms with Crippen LogP contribution < -0.4 is 10.6 Å². The molecular formula is C14H22N2O2. The van der Waals surface area contributed by atoms with E-state index in [2.05, 4.69) is 17.6 Å². The summed E-state index contributed by atoms with van der Waals surface area (Å²) in [6, 6.07) is 7.79. The maximum atomic E-state index is 10.9. The van der Waals surface area contributed by atoms with Crippen molar-refractivity contribution < 1.29 is 9.53 Å². The molecule has 1 aromatic carbocycles. The molecule has 0 fully saturated rings. The van der Waals surface area contributed by atoms with Gasteiger partial charge in [-0.05, 0) is 45.0 Å². The molecule has 100 valence electrons. The van der Waals surface area contributed by atoms with Crippen LogP contribution in [-0.2, 0) is 9.53 Å². The minimum Gasteiger partial charge on any atom is -0.380 e. The highest BCUT2D eigenvalue weighted by Gasteiger charge is 2.24. The van der Waals surface area contributed by atoms with Gasteiger partial charge in [0.1, 0.15) is 0 Å². The third-order valence-corrected chi connectivity index (χ3v) is 3.16. The molecule has 0 radical (unpaired) electrons. The van der Waals surface area contributed by atoms with Gasteiger partial charge >= 0.3 is 0 Å². The van der Waals surface area contributed by atoms with Gasteiger partial charge < -0.3 is 15.4 Å². The van der Waals surface area contributed by atoms with Crippen molar-refractivity contribution in [1.82, 2.24) is 0 Å². The topological polar surface area (TPSA) is 50.4 Å². The van der Waals surface area contributed by atoms with Gasteiger partial charge in [0.15, 0.2) is 0 Å². The molecule has 0 heterocycles.